The molecule has 0 bridgehead atoms. The first-order valence-corrected chi connectivity index (χ1v) is 5.39. The van der Waals surface area contributed by atoms with E-state index in [-0.39, 0.29) is 12.5 Å². The van der Waals surface area contributed by atoms with E-state index in [0.29, 0.717) is 11.4 Å². The molecule has 1 aliphatic heterocycles. The molecular formula is C10H11BrN2O2. The van der Waals surface area contributed by atoms with Crippen molar-refractivity contribution in [2.75, 3.05) is 11.9 Å². The second-order valence-corrected chi connectivity index (χ2v) is 4.31. The van der Waals surface area contributed by atoms with Crippen LogP contribution < -0.4 is 15.8 Å². The molecule has 1 aromatic rings. The van der Waals surface area contributed by atoms with Crippen LogP contribution in [0.4, 0.5) is 5.69 Å². The van der Waals surface area contributed by atoms with Crippen LogP contribution in [0.25, 0.3) is 0 Å². The van der Waals surface area contributed by atoms with Gasteiger partial charge in [-0.1, -0.05) is 0 Å². The fourth-order valence-electron chi connectivity index (χ4n) is 1.51. The van der Waals surface area contributed by atoms with E-state index in [0.717, 1.165) is 10.0 Å². The third-order valence-corrected chi connectivity index (χ3v) is 2.80. The lowest BCUT2D eigenvalue weighted by atomic mass is 10.1. The Balaban J connectivity index is 2.45. The van der Waals surface area contributed by atoms with Gasteiger partial charge < -0.3 is 15.8 Å². The molecule has 0 radical (unpaired) electrons. The molecule has 1 aliphatic rings. The minimum Gasteiger partial charge on any atom is -0.476 e. The summed E-state index contributed by atoms with van der Waals surface area (Å²) < 4.78 is 6.32. The molecular weight excluding hydrogens is 260 g/mol. The predicted molar refractivity (Wildman–Crippen MR) is 61.0 cm³/mol. The number of hydrogen-bond donors (Lipinski definition) is 2. The highest BCUT2D eigenvalue weighted by Crippen LogP contribution is 2.37. The van der Waals surface area contributed by atoms with Gasteiger partial charge in [0.2, 0.25) is 0 Å². The van der Waals surface area contributed by atoms with Crippen LogP contribution in [0.1, 0.15) is 5.56 Å². The van der Waals surface area contributed by atoms with Gasteiger partial charge in [-0.15, -0.1) is 0 Å². The molecule has 0 saturated carbocycles. The summed E-state index contributed by atoms with van der Waals surface area (Å²) in [6.07, 6.45) is -0.600. The summed E-state index contributed by atoms with van der Waals surface area (Å²) in [5.74, 6) is 0.457. The summed E-state index contributed by atoms with van der Waals surface area (Å²) in [7, 11) is 0. The Labute approximate surface area is 95.9 Å². The SMILES string of the molecule is Cc1cc(Br)c2c(c1)NC(=O)C(CN)O2. The van der Waals surface area contributed by atoms with Crippen LogP contribution in [0.3, 0.4) is 0 Å². The number of carbonyl (C=O) groups is 1. The number of hydrogen-bond acceptors (Lipinski definition) is 3. The number of nitrogens with one attached hydrogen (secondary N) is 1. The first-order valence-electron chi connectivity index (χ1n) is 4.59. The minimum absolute atomic E-state index is 0.172. The molecule has 0 aliphatic carbocycles. The van der Waals surface area contributed by atoms with Gasteiger partial charge in [0, 0.05) is 6.54 Å². The molecule has 3 N–H and O–H groups in total. The quantitative estimate of drug-likeness (QED) is 0.811. The van der Waals surface area contributed by atoms with Crippen molar-refractivity contribution in [2.24, 2.45) is 5.73 Å². The van der Waals surface area contributed by atoms with Gasteiger partial charge in [-0.2, -0.15) is 0 Å². The van der Waals surface area contributed by atoms with Crippen molar-refractivity contribution in [3.63, 3.8) is 0 Å². The molecule has 5 heteroatoms. The normalized spacial score (nSPS) is 19.1. The first kappa shape index (κ1) is 10.4. The highest BCUT2D eigenvalue weighted by Gasteiger charge is 2.27. The highest BCUT2D eigenvalue weighted by molar-refractivity contribution is 9.10. The average molecular weight is 271 g/mol. The standard InChI is InChI=1S/C10H11BrN2O2/c1-5-2-6(11)9-7(3-5)13-10(14)8(4-12)15-9/h2-3,8H,4,12H2,1H3,(H,13,14). The first-order chi connectivity index (χ1) is 7.11. The number of ether oxygens (including phenoxy) is 1. The van der Waals surface area contributed by atoms with Crippen LogP contribution in [-0.2, 0) is 4.79 Å². The third-order valence-electron chi connectivity index (χ3n) is 2.21. The Hall–Kier alpha value is -1.07. The Morgan fingerprint density at radius 1 is 1.60 bits per heavy atom. The summed E-state index contributed by atoms with van der Waals surface area (Å²) in [5, 5.41) is 2.77. The van der Waals surface area contributed by atoms with Crippen molar-refractivity contribution in [2.45, 2.75) is 13.0 Å². The van der Waals surface area contributed by atoms with Crippen molar-refractivity contribution >= 4 is 27.5 Å². The van der Waals surface area contributed by atoms with Gasteiger partial charge in [-0.25, -0.2) is 0 Å². The largest absolute Gasteiger partial charge is 0.476 e. The van der Waals surface area contributed by atoms with E-state index in [1.54, 1.807) is 0 Å². The summed E-state index contributed by atoms with van der Waals surface area (Å²) in [5.41, 5.74) is 7.17. The van der Waals surface area contributed by atoms with Gasteiger partial charge in [-0.05, 0) is 40.5 Å². The molecule has 1 heterocycles. The third kappa shape index (κ3) is 1.85. The predicted octanol–water partition coefficient (Wildman–Crippen LogP) is 1.42. The summed E-state index contributed by atoms with van der Waals surface area (Å²) >= 11 is 3.39. The maximum absolute atomic E-state index is 11.5. The van der Waals surface area contributed by atoms with Crippen LogP contribution in [0.15, 0.2) is 16.6 Å². The molecule has 1 amide bonds. The number of benzene rings is 1. The second-order valence-electron chi connectivity index (χ2n) is 3.45. The Morgan fingerprint density at radius 2 is 2.33 bits per heavy atom. The van der Waals surface area contributed by atoms with Crippen LogP contribution in [0.5, 0.6) is 5.75 Å². The zero-order valence-corrected chi connectivity index (χ0v) is 9.80. The number of nitrogens with two attached hydrogens (primary N) is 1. The highest BCUT2D eigenvalue weighted by atomic mass is 79.9. The fraction of sp³-hybridized carbons (Fsp3) is 0.300. The monoisotopic (exact) mass is 270 g/mol. The molecule has 0 spiro atoms. The summed E-state index contributed by atoms with van der Waals surface area (Å²) in [4.78, 5) is 11.5. The van der Waals surface area contributed by atoms with E-state index in [9.17, 15) is 4.79 Å². The molecule has 15 heavy (non-hydrogen) atoms. The van der Waals surface area contributed by atoms with Gasteiger partial charge in [0.1, 0.15) is 0 Å². The van der Waals surface area contributed by atoms with Crippen molar-refractivity contribution in [3.8, 4) is 5.75 Å². The fourth-order valence-corrected chi connectivity index (χ4v) is 2.17. The summed E-state index contributed by atoms with van der Waals surface area (Å²) in [6.45, 7) is 2.12. The average Bonchev–Trinajstić information content (AvgIpc) is 2.16. The van der Waals surface area contributed by atoms with Crippen LogP contribution in [-0.4, -0.2) is 18.6 Å². The maximum atomic E-state index is 11.5. The Morgan fingerprint density at radius 3 is 3.00 bits per heavy atom. The Kier molecular flexibility index (Phi) is 2.67. The molecule has 80 valence electrons. The second kappa shape index (κ2) is 3.83. The number of anilines is 1. The van der Waals surface area contributed by atoms with E-state index in [1.807, 2.05) is 19.1 Å². The lowest BCUT2D eigenvalue weighted by molar-refractivity contribution is -0.123. The van der Waals surface area contributed by atoms with Crippen LogP contribution in [0, 0.1) is 6.92 Å². The van der Waals surface area contributed by atoms with Crippen LogP contribution in [0.2, 0.25) is 0 Å². The minimum atomic E-state index is -0.600. The molecule has 0 aromatic heterocycles. The maximum Gasteiger partial charge on any atom is 0.266 e. The smallest absolute Gasteiger partial charge is 0.266 e. The number of amides is 1. The van der Waals surface area contributed by atoms with Crippen molar-refractivity contribution in [3.05, 3.63) is 22.2 Å². The zero-order valence-electron chi connectivity index (χ0n) is 8.21. The Bertz CT molecular complexity index is 420. The molecule has 1 unspecified atom stereocenters. The topological polar surface area (TPSA) is 64.4 Å². The van der Waals surface area contributed by atoms with Gasteiger partial charge in [0.15, 0.2) is 11.9 Å². The van der Waals surface area contributed by atoms with E-state index in [1.165, 1.54) is 0 Å². The number of halogens is 1. The molecule has 1 aromatic carbocycles. The van der Waals surface area contributed by atoms with Gasteiger partial charge >= 0.3 is 0 Å². The van der Waals surface area contributed by atoms with Gasteiger partial charge in [0.05, 0.1) is 10.2 Å². The molecule has 2 rings (SSSR count). The lowest BCUT2D eigenvalue weighted by Crippen LogP contribution is -2.42. The van der Waals surface area contributed by atoms with Crippen molar-refractivity contribution in [1.29, 1.82) is 0 Å². The molecule has 0 saturated heterocycles. The van der Waals surface area contributed by atoms with Crippen LogP contribution >= 0.6 is 15.9 Å². The van der Waals surface area contributed by atoms with Crippen molar-refractivity contribution in [1.82, 2.24) is 0 Å². The lowest BCUT2D eigenvalue weighted by Gasteiger charge is -2.26. The van der Waals surface area contributed by atoms with Crippen molar-refractivity contribution < 1.29 is 9.53 Å². The number of aryl methyl sites for hydroxylation is 1. The molecule has 1 atom stereocenters. The number of fused-ring (bicyclic) bond motifs is 1. The number of rotatable bonds is 1. The number of carbonyl (C=O) groups excluding carboxylic acids is 1. The van der Waals surface area contributed by atoms with E-state index < -0.39 is 6.10 Å². The zero-order chi connectivity index (χ0) is 11.0. The van der Waals surface area contributed by atoms with E-state index in [4.69, 9.17) is 10.5 Å². The summed E-state index contributed by atoms with van der Waals surface area (Å²) in [6, 6.07) is 3.80. The molecule has 0 fully saturated rings. The van der Waals surface area contributed by atoms with E-state index >= 15 is 0 Å². The van der Waals surface area contributed by atoms with E-state index in [2.05, 4.69) is 21.2 Å². The van der Waals surface area contributed by atoms with Gasteiger partial charge in [0.25, 0.3) is 5.91 Å². The molecule has 4 nitrogen and oxygen atoms in total. The van der Waals surface area contributed by atoms with Gasteiger partial charge in [-0.3, -0.25) is 4.79 Å².